The third-order valence-corrected chi connectivity index (χ3v) is 4.81. The van der Waals surface area contributed by atoms with Gasteiger partial charge in [0.1, 0.15) is 5.82 Å². The Morgan fingerprint density at radius 1 is 1.29 bits per heavy atom. The molecule has 2 heterocycles. The number of hydrogen-bond donors (Lipinski definition) is 3. The Bertz CT molecular complexity index is 808. The molecule has 0 bridgehead atoms. The van der Waals surface area contributed by atoms with Gasteiger partial charge in [0.15, 0.2) is 0 Å². The lowest BCUT2D eigenvalue weighted by atomic mass is 9.94. The molecule has 0 fully saturated rings. The highest BCUT2D eigenvalue weighted by Gasteiger charge is 2.21. The number of H-pyrrole nitrogens is 1. The van der Waals surface area contributed by atoms with Crippen molar-refractivity contribution in [1.82, 2.24) is 20.3 Å². The van der Waals surface area contributed by atoms with Crippen LogP contribution in [0, 0.1) is 6.92 Å². The summed E-state index contributed by atoms with van der Waals surface area (Å²) in [6.07, 6.45) is 5.45. The second kappa shape index (κ2) is 11.8. The van der Waals surface area contributed by atoms with E-state index in [1.54, 1.807) is 25.4 Å². The molecule has 0 spiro atoms. The van der Waals surface area contributed by atoms with Crippen LogP contribution in [0.25, 0.3) is 11.4 Å². The third kappa shape index (κ3) is 6.89. The molecular formula is C19H29Cl2N5O2. The Hall–Kier alpha value is -1.96. The first kappa shape index (κ1) is 26.0. The molecule has 9 heteroatoms. The number of aromatic nitrogens is 3. The van der Waals surface area contributed by atoms with Crippen LogP contribution in [-0.2, 0) is 11.2 Å². The van der Waals surface area contributed by atoms with Crippen molar-refractivity contribution in [1.29, 1.82) is 0 Å². The molecule has 2 aromatic rings. The van der Waals surface area contributed by atoms with Crippen molar-refractivity contribution in [2.45, 2.75) is 52.0 Å². The lowest BCUT2D eigenvalue weighted by Crippen LogP contribution is -2.49. The van der Waals surface area contributed by atoms with Gasteiger partial charge in [-0.25, -0.2) is 4.98 Å². The number of rotatable bonds is 8. The lowest BCUT2D eigenvalue weighted by Gasteiger charge is -2.26. The predicted octanol–water partition coefficient (Wildman–Crippen LogP) is 2.55. The minimum absolute atomic E-state index is 0. The molecule has 4 N–H and O–H groups in total. The van der Waals surface area contributed by atoms with Crippen molar-refractivity contribution < 1.29 is 4.79 Å². The number of nitrogens with one attached hydrogen (secondary N) is 2. The second-order valence-corrected chi connectivity index (χ2v) is 6.57. The van der Waals surface area contributed by atoms with E-state index < -0.39 is 0 Å². The van der Waals surface area contributed by atoms with Crippen LogP contribution in [0.4, 0.5) is 0 Å². The maximum atomic E-state index is 12.4. The molecule has 0 aliphatic rings. The Labute approximate surface area is 177 Å². The summed E-state index contributed by atoms with van der Waals surface area (Å²) < 4.78 is 0. The van der Waals surface area contributed by atoms with Crippen LogP contribution >= 0.6 is 24.8 Å². The highest BCUT2D eigenvalue weighted by Crippen LogP contribution is 2.13. The van der Waals surface area contributed by atoms with Crippen LogP contribution in [0.5, 0.6) is 0 Å². The zero-order valence-corrected chi connectivity index (χ0v) is 18.1. The number of pyridine rings is 1. The van der Waals surface area contributed by atoms with Gasteiger partial charge in [0.2, 0.25) is 5.91 Å². The fourth-order valence-corrected chi connectivity index (χ4v) is 2.65. The van der Waals surface area contributed by atoms with E-state index in [1.807, 2.05) is 19.9 Å². The summed E-state index contributed by atoms with van der Waals surface area (Å²) in [6, 6.07) is 3.62. The molecule has 0 aliphatic heterocycles. The van der Waals surface area contributed by atoms with Gasteiger partial charge in [-0.1, -0.05) is 13.8 Å². The quantitative estimate of drug-likeness (QED) is 0.596. The molecule has 1 amide bonds. The molecule has 0 aliphatic carbocycles. The normalized spacial score (nSPS) is 10.6. The van der Waals surface area contributed by atoms with Crippen LogP contribution in [0.3, 0.4) is 0 Å². The van der Waals surface area contributed by atoms with E-state index in [9.17, 15) is 9.59 Å². The summed E-state index contributed by atoms with van der Waals surface area (Å²) in [5.41, 5.74) is 7.48. The zero-order valence-electron chi connectivity index (χ0n) is 16.4. The number of nitrogens with two attached hydrogens (primary N) is 1. The summed E-state index contributed by atoms with van der Waals surface area (Å²) in [5, 5.41) is 2.87. The van der Waals surface area contributed by atoms with E-state index in [4.69, 9.17) is 5.73 Å². The van der Waals surface area contributed by atoms with Gasteiger partial charge in [0.05, 0.1) is 0 Å². The lowest BCUT2D eigenvalue weighted by molar-refractivity contribution is -0.121. The van der Waals surface area contributed by atoms with Crippen LogP contribution in [-0.4, -0.2) is 32.9 Å². The maximum absolute atomic E-state index is 12.4. The van der Waals surface area contributed by atoms with Crippen molar-refractivity contribution in [3.8, 4) is 11.4 Å². The topological polar surface area (TPSA) is 114 Å². The van der Waals surface area contributed by atoms with E-state index in [2.05, 4.69) is 20.3 Å². The second-order valence-electron chi connectivity index (χ2n) is 6.57. The molecule has 0 saturated heterocycles. The standard InChI is InChI=1S/C19H27N5O2.2ClH/c1-4-19(20,5-2)12-22-16(25)9-8-15-13(3)23-17(24-18(15)26)14-7-6-10-21-11-14;;/h6-7,10-11H,4-5,8-9,12,20H2,1-3H3,(H,22,25)(H,23,24,26);2*1H. The van der Waals surface area contributed by atoms with Gasteiger partial charge in [-0.3, -0.25) is 14.6 Å². The fourth-order valence-electron chi connectivity index (χ4n) is 2.65. The summed E-state index contributed by atoms with van der Waals surface area (Å²) in [7, 11) is 0. The van der Waals surface area contributed by atoms with Gasteiger partial charge in [-0.05, 0) is 38.3 Å². The van der Waals surface area contributed by atoms with Gasteiger partial charge < -0.3 is 16.0 Å². The SMILES string of the molecule is CCC(N)(CC)CNC(=O)CCc1c(C)nc(-c2cccnc2)[nH]c1=O.Cl.Cl. The average molecular weight is 430 g/mol. The Morgan fingerprint density at radius 3 is 2.50 bits per heavy atom. The molecule has 7 nitrogen and oxygen atoms in total. The maximum Gasteiger partial charge on any atom is 0.254 e. The Balaban J connectivity index is 0.00000364. The molecule has 0 aromatic carbocycles. The number of carbonyl (C=O) groups is 1. The van der Waals surface area contributed by atoms with E-state index >= 15 is 0 Å². The number of amides is 1. The smallest absolute Gasteiger partial charge is 0.254 e. The van der Waals surface area contributed by atoms with E-state index in [1.165, 1.54) is 0 Å². The Kier molecular flexibility index (Phi) is 11.0. The first-order chi connectivity index (χ1) is 12.4. The summed E-state index contributed by atoms with van der Waals surface area (Å²) >= 11 is 0. The van der Waals surface area contributed by atoms with E-state index in [0.29, 0.717) is 30.0 Å². The van der Waals surface area contributed by atoms with Gasteiger partial charge >= 0.3 is 0 Å². The number of hydrogen-bond acceptors (Lipinski definition) is 5. The van der Waals surface area contributed by atoms with Gasteiger partial charge in [-0.15, -0.1) is 24.8 Å². The van der Waals surface area contributed by atoms with Gasteiger partial charge in [0.25, 0.3) is 5.56 Å². The molecule has 2 aromatic heterocycles. The van der Waals surface area contributed by atoms with Crippen molar-refractivity contribution in [2.75, 3.05) is 6.54 Å². The Morgan fingerprint density at radius 2 is 1.96 bits per heavy atom. The van der Waals surface area contributed by atoms with Gasteiger partial charge in [0, 0.05) is 47.7 Å². The van der Waals surface area contributed by atoms with Crippen molar-refractivity contribution in [2.24, 2.45) is 5.73 Å². The van der Waals surface area contributed by atoms with Crippen LogP contribution in [0.15, 0.2) is 29.3 Å². The monoisotopic (exact) mass is 429 g/mol. The summed E-state index contributed by atoms with van der Waals surface area (Å²) in [5.74, 6) is 0.365. The third-order valence-electron chi connectivity index (χ3n) is 4.81. The largest absolute Gasteiger partial charge is 0.354 e. The fraction of sp³-hybridized carbons (Fsp3) is 0.474. The van der Waals surface area contributed by atoms with Crippen molar-refractivity contribution in [3.63, 3.8) is 0 Å². The van der Waals surface area contributed by atoms with Gasteiger partial charge in [-0.2, -0.15) is 0 Å². The van der Waals surface area contributed by atoms with Crippen LogP contribution in [0.2, 0.25) is 0 Å². The number of carbonyl (C=O) groups excluding carboxylic acids is 1. The number of aromatic amines is 1. The molecule has 2 rings (SSSR count). The highest BCUT2D eigenvalue weighted by atomic mass is 35.5. The van der Waals surface area contributed by atoms with E-state index in [-0.39, 0.29) is 48.2 Å². The number of aryl methyl sites for hydroxylation is 1. The zero-order chi connectivity index (χ0) is 19.2. The molecular weight excluding hydrogens is 401 g/mol. The average Bonchev–Trinajstić information content (AvgIpc) is 2.66. The predicted molar refractivity (Wildman–Crippen MR) is 116 cm³/mol. The minimum atomic E-state index is -0.379. The van der Waals surface area contributed by atoms with Crippen LogP contribution < -0.4 is 16.6 Å². The van der Waals surface area contributed by atoms with Crippen molar-refractivity contribution in [3.05, 3.63) is 46.1 Å². The first-order valence-corrected chi connectivity index (χ1v) is 8.94. The summed E-state index contributed by atoms with van der Waals surface area (Å²) in [6.45, 7) is 6.23. The molecule has 0 radical (unpaired) electrons. The van der Waals surface area contributed by atoms with E-state index in [0.717, 1.165) is 18.4 Å². The molecule has 0 unspecified atom stereocenters. The molecule has 28 heavy (non-hydrogen) atoms. The van der Waals surface area contributed by atoms with Crippen LogP contribution in [0.1, 0.15) is 44.4 Å². The highest BCUT2D eigenvalue weighted by molar-refractivity contribution is 5.85. The number of nitrogens with zero attached hydrogens (tertiary/aromatic N) is 2. The summed E-state index contributed by atoms with van der Waals surface area (Å²) in [4.78, 5) is 35.7. The molecule has 0 atom stereocenters. The minimum Gasteiger partial charge on any atom is -0.354 e. The van der Waals surface area contributed by atoms with Crippen molar-refractivity contribution >= 4 is 30.7 Å². The number of halogens is 2. The first-order valence-electron chi connectivity index (χ1n) is 8.94. The molecule has 156 valence electrons. The molecule has 0 saturated carbocycles.